The Hall–Kier alpha value is -0.880. The van der Waals surface area contributed by atoms with Crippen LogP contribution in [0.4, 0.5) is 0 Å². The van der Waals surface area contributed by atoms with Crippen LogP contribution in [0.25, 0.3) is 0 Å². The second kappa shape index (κ2) is 5.64. The van der Waals surface area contributed by atoms with E-state index in [4.69, 9.17) is 0 Å². The number of sulfone groups is 1. The second-order valence-corrected chi connectivity index (χ2v) is 10.1. The maximum absolute atomic E-state index is 12.6. The van der Waals surface area contributed by atoms with Crippen LogP contribution < -0.4 is 0 Å². The van der Waals surface area contributed by atoms with Crippen molar-refractivity contribution in [3.05, 3.63) is 22.4 Å². The van der Waals surface area contributed by atoms with Gasteiger partial charge >= 0.3 is 0 Å². The van der Waals surface area contributed by atoms with Gasteiger partial charge in [0.05, 0.1) is 5.75 Å². The maximum atomic E-state index is 12.6. The summed E-state index contributed by atoms with van der Waals surface area (Å²) in [6.45, 7) is 2.87. The molecule has 2 atom stereocenters. The fourth-order valence-electron chi connectivity index (χ4n) is 3.65. The Bertz CT molecular complexity index is 647. The van der Waals surface area contributed by atoms with Crippen molar-refractivity contribution in [2.45, 2.75) is 44.6 Å². The Morgan fingerprint density at radius 1 is 1.45 bits per heavy atom. The van der Waals surface area contributed by atoms with Gasteiger partial charge in [-0.05, 0) is 54.0 Å². The fraction of sp³-hybridized carbons (Fsp3) is 0.688. The molecule has 6 heteroatoms. The third kappa shape index (κ3) is 3.54. The number of likely N-dealkylation sites (tertiary alicyclic amines) is 1. The van der Waals surface area contributed by atoms with Crippen LogP contribution in [0.5, 0.6) is 0 Å². The molecule has 0 unspecified atom stereocenters. The van der Waals surface area contributed by atoms with Crippen LogP contribution in [0.15, 0.2) is 16.8 Å². The lowest BCUT2D eigenvalue weighted by molar-refractivity contribution is -0.132. The number of hydrogen-bond donors (Lipinski definition) is 0. The molecule has 2 aliphatic rings. The second-order valence-electron chi connectivity index (χ2n) is 7.13. The van der Waals surface area contributed by atoms with Gasteiger partial charge in [-0.15, -0.1) is 0 Å². The molecule has 0 spiro atoms. The van der Waals surface area contributed by atoms with Crippen molar-refractivity contribution in [3.8, 4) is 0 Å². The molecule has 4 nitrogen and oxygen atoms in total. The molecule has 0 aromatic carbocycles. The Balaban J connectivity index is 1.63. The number of carbonyl (C=O) groups excluding carboxylic acids is 1. The molecule has 3 rings (SSSR count). The lowest BCUT2D eigenvalue weighted by Gasteiger charge is -2.24. The molecule has 1 amide bonds. The van der Waals surface area contributed by atoms with E-state index < -0.39 is 9.84 Å². The fourth-order valence-corrected chi connectivity index (χ4v) is 5.90. The van der Waals surface area contributed by atoms with Gasteiger partial charge in [0.15, 0.2) is 0 Å². The first kappa shape index (κ1) is 16.0. The first-order chi connectivity index (χ1) is 10.3. The number of hydrogen-bond acceptors (Lipinski definition) is 4. The van der Waals surface area contributed by atoms with Crippen LogP contribution in [0, 0.1) is 5.41 Å². The normalized spacial score (nSPS) is 27.1. The smallest absolute Gasteiger partial charge is 0.223 e. The zero-order valence-electron chi connectivity index (χ0n) is 13.1. The summed E-state index contributed by atoms with van der Waals surface area (Å²) < 4.78 is 23.1. The van der Waals surface area contributed by atoms with Gasteiger partial charge in [0.1, 0.15) is 9.84 Å². The summed E-state index contributed by atoms with van der Waals surface area (Å²) in [5.74, 6) is 0.712. The van der Waals surface area contributed by atoms with Gasteiger partial charge in [-0.3, -0.25) is 4.79 Å². The SMILES string of the molecule is C[C@@H]1C[C@H](c2ccsc2)CN1C(=O)CC1(CS(C)(=O)=O)CC1. The lowest BCUT2D eigenvalue weighted by atomic mass is 10.00. The van der Waals surface area contributed by atoms with Gasteiger partial charge in [0, 0.05) is 31.2 Å². The number of rotatable bonds is 5. The molecule has 0 N–H and O–H groups in total. The minimum Gasteiger partial charge on any atom is -0.339 e. The van der Waals surface area contributed by atoms with Gasteiger partial charge in [0.25, 0.3) is 0 Å². The quantitative estimate of drug-likeness (QED) is 0.827. The lowest BCUT2D eigenvalue weighted by Crippen LogP contribution is -2.36. The van der Waals surface area contributed by atoms with Crippen molar-refractivity contribution in [1.82, 2.24) is 4.90 Å². The predicted octanol–water partition coefficient (Wildman–Crippen LogP) is 2.67. The van der Waals surface area contributed by atoms with Crippen LogP contribution >= 0.6 is 11.3 Å². The zero-order valence-corrected chi connectivity index (χ0v) is 14.8. The standard InChI is InChI=1S/C16H23NO3S2/c1-12-7-14(13-3-6-21-10-13)9-17(12)15(18)8-16(4-5-16)11-22(2,19)20/h3,6,10,12,14H,4-5,7-9,11H2,1-2H3/t12-,14+/m1/s1. The van der Waals surface area contributed by atoms with Crippen molar-refractivity contribution in [2.24, 2.45) is 5.41 Å². The van der Waals surface area contributed by atoms with Crippen molar-refractivity contribution < 1.29 is 13.2 Å². The minimum absolute atomic E-state index is 0.131. The van der Waals surface area contributed by atoms with E-state index >= 15 is 0 Å². The van der Waals surface area contributed by atoms with E-state index in [1.165, 1.54) is 11.8 Å². The molecule has 1 aliphatic heterocycles. The van der Waals surface area contributed by atoms with Crippen molar-refractivity contribution in [2.75, 3.05) is 18.6 Å². The van der Waals surface area contributed by atoms with Gasteiger partial charge in [0.2, 0.25) is 5.91 Å². The van der Waals surface area contributed by atoms with E-state index in [-0.39, 0.29) is 23.1 Å². The minimum atomic E-state index is -3.02. The average molecular weight is 341 g/mol. The van der Waals surface area contributed by atoms with Crippen LogP contribution in [-0.2, 0) is 14.6 Å². The zero-order chi connectivity index (χ0) is 16.0. The van der Waals surface area contributed by atoms with E-state index in [0.717, 1.165) is 25.8 Å². The summed E-state index contributed by atoms with van der Waals surface area (Å²) in [5.41, 5.74) is 1.05. The summed E-state index contributed by atoms with van der Waals surface area (Å²) in [6, 6.07) is 2.38. The summed E-state index contributed by atoms with van der Waals surface area (Å²) in [4.78, 5) is 14.6. The van der Waals surface area contributed by atoms with E-state index in [9.17, 15) is 13.2 Å². The van der Waals surface area contributed by atoms with Gasteiger partial charge in [-0.1, -0.05) is 0 Å². The third-order valence-electron chi connectivity index (χ3n) is 4.96. The number of amides is 1. The summed E-state index contributed by atoms with van der Waals surface area (Å²) in [7, 11) is -3.02. The summed E-state index contributed by atoms with van der Waals surface area (Å²) in [6.07, 6.45) is 4.38. The predicted molar refractivity (Wildman–Crippen MR) is 88.8 cm³/mol. The molecule has 1 aliphatic carbocycles. The van der Waals surface area contributed by atoms with E-state index in [1.54, 1.807) is 11.3 Å². The first-order valence-electron chi connectivity index (χ1n) is 7.77. The highest BCUT2D eigenvalue weighted by atomic mass is 32.2. The Labute approximate surface area is 136 Å². The number of thiophene rings is 1. The highest BCUT2D eigenvalue weighted by Gasteiger charge is 2.48. The molecule has 1 aromatic heterocycles. The highest BCUT2D eigenvalue weighted by Crippen LogP contribution is 2.50. The first-order valence-corrected chi connectivity index (χ1v) is 10.8. The van der Waals surface area contributed by atoms with Crippen molar-refractivity contribution in [3.63, 3.8) is 0 Å². The van der Waals surface area contributed by atoms with Crippen molar-refractivity contribution in [1.29, 1.82) is 0 Å². The summed E-state index contributed by atoms with van der Waals surface area (Å²) >= 11 is 1.69. The van der Waals surface area contributed by atoms with Gasteiger partial charge in [-0.25, -0.2) is 8.42 Å². The number of nitrogens with zero attached hydrogens (tertiary/aromatic N) is 1. The largest absolute Gasteiger partial charge is 0.339 e. The Kier molecular flexibility index (Phi) is 4.10. The molecule has 1 aromatic rings. The van der Waals surface area contributed by atoms with E-state index in [0.29, 0.717) is 12.3 Å². The molecular weight excluding hydrogens is 318 g/mol. The average Bonchev–Trinajstić information content (AvgIpc) is 2.85. The van der Waals surface area contributed by atoms with Crippen LogP contribution in [0.3, 0.4) is 0 Å². The Morgan fingerprint density at radius 3 is 2.73 bits per heavy atom. The molecule has 22 heavy (non-hydrogen) atoms. The van der Waals surface area contributed by atoms with E-state index in [1.807, 2.05) is 4.90 Å². The summed E-state index contributed by atoms with van der Waals surface area (Å²) in [5, 5.41) is 4.24. The number of carbonyl (C=O) groups is 1. The molecular formula is C16H23NO3S2. The van der Waals surface area contributed by atoms with Crippen LogP contribution in [-0.4, -0.2) is 43.8 Å². The van der Waals surface area contributed by atoms with Crippen molar-refractivity contribution >= 4 is 27.1 Å². The molecule has 2 heterocycles. The Morgan fingerprint density at radius 2 is 2.18 bits per heavy atom. The monoisotopic (exact) mass is 341 g/mol. The van der Waals surface area contributed by atoms with Crippen LogP contribution in [0.1, 0.15) is 44.1 Å². The molecule has 1 saturated heterocycles. The molecule has 0 bridgehead atoms. The highest BCUT2D eigenvalue weighted by molar-refractivity contribution is 7.90. The maximum Gasteiger partial charge on any atom is 0.223 e. The van der Waals surface area contributed by atoms with Crippen LogP contribution in [0.2, 0.25) is 0 Å². The van der Waals surface area contributed by atoms with Gasteiger partial charge in [-0.2, -0.15) is 11.3 Å². The van der Waals surface area contributed by atoms with Gasteiger partial charge < -0.3 is 4.90 Å². The molecule has 1 saturated carbocycles. The molecule has 2 fully saturated rings. The molecule has 0 radical (unpaired) electrons. The topological polar surface area (TPSA) is 54.5 Å². The third-order valence-corrected chi connectivity index (χ3v) is 6.80. The van der Waals surface area contributed by atoms with E-state index in [2.05, 4.69) is 23.8 Å². The molecule has 122 valence electrons.